The van der Waals surface area contributed by atoms with Gasteiger partial charge in [0.1, 0.15) is 0 Å². The number of rotatable bonds is 4. The SMILES string of the molecule is CCCC(=O)NC1CCN(C=O)CC1. The molecule has 0 radical (unpaired) electrons. The molecule has 0 aromatic carbocycles. The molecular formula is C10H18N2O2. The van der Waals surface area contributed by atoms with Crippen molar-refractivity contribution in [1.82, 2.24) is 10.2 Å². The number of nitrogens with one attached hydrogen (secondary N) is 1. The van der Waals surface area contributed by atoms with Crippen molar-refractivity contribution in [3.63, 3.8) is 0 Å². The van der Waals surface area contributed by atoms with E-state index in [4.69, 9.17) is 0 Å². The summed E-state index contributed by atoms with van der Waals surface area (Å²) < 4.78 is 0. The highest BCUT2D eigenvalue weighted by atomic mass is 16.1. The molecule has 14 heavy (non-hydrogen) atoms. The van der Waals surface area contributed by atoms with Gasteiger partial charge in [0.25, 0.3) is 0 Å². The minimum Gasteiger partial charge on any atom is -0.353 e. The number of nitrogens with zero attached hydrogens (tertiary/aromatic N) is 1. The Morgan fingerprint density at radius 1 is 1.50 bits per heavy atom. The first-order chi connectivity index (χ1) is 6.76. The highest BCUT2D eigenvalue weighted by Gasteiger charge is 2.18. The maximum atomic E-state index is 11.3. The monoisotopic (exact) mass is 198 g/mol. The Morgan fingerprint density at radius 3 is 2.64 bits per heavy atom. The molecule has 1 heterocycles. The van der Waals surface area contributed by atoms with E-state index in [0.717, 1.165) is 38.8 Å². The first kappa shape index (κ1) is 11.0. The van der Waals surface area contributed by atoms with E-state index >= 15 is 0 Å². The molecule has 0 aliphatic carbocycles. The Hall–Kier alpha value is -1.06. The summed E-state index contributed by atoms with van der Waals surface area (Å²) in [5, 5.41) is 2.98. The minimum absolute atomic E-state index is 0.136. The molecule has 2 amide bonds. The number of amides is 2. The van der Waals surface area contributed by atoms with Crippen LogP contribution in [-0.4, -0.2) is 36.3 Å². The standard InChI is InChI=1S/C10H18N2O2/c1-2-3-10(14)11-9-4-6-12(8-13)7-5-9/h8-9H,2-7H2,1H3,(H,11,14). The van der Waals surface area contributed by atoms with Crippen molar-refractivity contribution >= 4 is 12.3 Å². The Bertz CT molecular complexity index is 198. The zero-order valence-electron chi connectivity index (χ0n) is 8.66. The van der Waals surface area contributed by atoms with Gasteiger partial charge in [-0.2, -0.15) is 0 Å². The summed E-state index contributed by atoms with van der Waals surface area (Å²) in [6, 6.07) is 0.269. The normalized spacial score (nSPS) is 17.9. The molecule has 0 aromatic rings. The molecular weight excluding hydrogens is 180 g/mol. The second kappa shape index (κ2) is 5.62. The van der Waals surface area contributed by atoms with E-state index in [0.29, 0.717) is 6.42 Å². The summed E-state index contributed by atoms with van der Waals surface area (Å²) in [4.78, 5) is 23.5. The van der Waals surface area contributed by atoms with Crippen LogP contribution in [0.4, 0.5) is 0 Å². The van der Waals surface area contributed by atoms with Crippen LogP contribution < -0.4 is 5.32 Å². The summed E-state index contributed by atoms with van der Waals surface area (Å²) >= 11 is 0. The van der Waals surface area contributed by atoms with Crippen LogP contribution in [0.3, 0.4) is 0 Å². The van der Waals surface area contributed by atoms with Crippen LogP contribution in [0.15, 0.2) is 0 Å². The van der Waals surface area contributed by atoms with E-state index in [2.05, 4.69) is 5.32 Å². The van der Waals surface area contributed by atoms with Crippen LogP contribution in [-0.2, 0) is 9.59 Å². The first-order valence-electron chi connectivity index (χ1n) is 5.25. The van der Waals surface area contributed by atoms with Crippen LogP contribution in [0.25, 0.3) is 0 Å². The van der Waals surface area contributed by atoms with Crippen molar-refractivity contribution in [3.05, 3.63) is 0 Å². The lowest BCUT2D eigenvalue weighted by molar-refractivity contribution is -0.122. The number of hydrogen-bond acceptors (Lipinski definition) is 2. The third kappa shape index (κ3) is 3.36. The van der Waals surface area contributed by atoms with Gasteiger partial charge in [-0.05, 0) is 19.3 Å². The van der Waals surface area contributed by atoms with Gasteiger partial charge in [0.05, 0.1) is 0 Å². The number of carbonyl (C=O) groups is 2. The number of carbonyl (C=O) groups excluding carboxylic acids is 2. The fraction of sp³-hybridized carbons (Fsp3) is 0.800. The van der Waals surface area contributed by atoms with Crippen molar-refractivity contribution < 1.29 is 9.59 Å². The molecule has 1 N–H and O–H groups in total. The van der Waals surface area contributed by atoms with Crippen LogP contribution in [0.5, 0.6) is 0 Å². The Labute approximate surface area is 84.7 Å². The molecule has 1 saturated heterocycles. The third-order valence-electron chi connectivity index (χ3n) is 2.52. The molecule has 0 spiro atoms. The number of likely N-dealkylation sites (tertiary alicyclic amines) is 1. The summed E-state index contributed by atoms with van der Waals surface area (Å²) in [6.45, 7) is 3.52. The van der Waals surface area contributed by atoms with Crippen molar-refractivity contribution in [2.45, 2.75) is 38.6 Å². The summed E-state index contributed by atoms with van der Waals surface area (Å²) in [5.74, 6) is 0.136. The fourth-order valence-electron chi connectivity index (χ4n) is 1.68. The minimum atomic E-state index is 0.136. The highest BCUT2D eigenvalue weighted by molar-refractivity contribution is 5.76. The van der Waals surface area contributed by atoms with Gasteiger partial charge < -0.3 is 10.2 Å². The van der Waals surface area contributed by atoms with Crippen LogP contribution in [0, 0.1) is 0 Å². The van der Waals surface area contributed by atoms with E-state index in [1.807, 2.05) is 6.92 Å². The maximum absolute atomic E-state index is 11.3. The summed E-state index contributed by atoms with van der Waals surface area (Å²) in [5.41, 5.74) is 0. The van der Waals surface area contributed by atoms with Gasteiger partial charge in [-0.25, -0.2) is 0 Å². The van der Waals surface area contributed by atoms with E-state index in [-0.39, 0.29) is 11.9 Å². The average Bonchev–Trinajstić information content (AvgIpc) is 2.19. The Kier molecular flexibility index (Phi) is 4.43. The Morgan fingerprint density at radius 2 is 2.14 bits per heavy atom. The van der Waals surface area contributed by atoms with Gasteiger partial charge in [-0.15, -0.1) is 0 Å². The summed E-state index contributed by atoms with van der Waals surface area (Å²) in [6.07, 6.45) is 4.14. The smallest absolute Gasteiger partial charge is 0.220 e. The van der Waals surface area contributed by atoms with Gasteiger partial charge in [0, 0.05) is 25.6 Å². The topological polar surface area (TPSA) is 49.4 Å². The zero-order chi connectivity index (χ0) is 10.4. The molecule has 4 heteroatoms. The Balaban J connectivity index is 2.21. The third-order valence-corrected chi connectivity index (χ3v) is 2.52. The molecule has 1 aliphatic heterocycles. The molecule has 0 saturated carbocycles. The van der Waals surface area contributed by atoms with Crippen LogP contribution >= 0.6 is 0 Å². The molecule has 0 bridgehead atoms. The number of piperidine rings is 1. The average molecular weight is 198 g/mol. The molecule has 0 atom stereocenters. The van der Waals surface area contributed by atoms with E-state index in [9.17, 15) is 9.59 Å². The molecule has 1 aliphatic rings. The van der Waals surface area contributed by atoms with Gasteiger partial charge in [-0.3, -0.25) is 9.59 Å². The van der Waals surface area contributed by atoms with Crippen molar-refractivity contribution in [3.8, 4) is 0 Å². The van der Waals surface area contributed by atoms with Crippen LogP contribution in [0.1, 0.15) is 32.6 Å². The molecule has 1 rings (SSSR count). The van der Waals surface area contributed by atoms with E-state index < -0.39 is 0 Å². The molecule has 80 valence electrons. The van der Waals surface area contributed by atoms with Gasteiger partial charge in [0.2, 0.25) is 12.3 Å². The van der Waals surface area contributed by atoms with Crippen molar-refractivity contribution in [2.24, 2.45) is 0 Å². The zero-order valence-corrected chi connectivity index (χ0v) is 8.66. The van der Waals surface area contributed by atoms with E-state index in [1.165, 1.54) is 0 Å². The second-order valence-electron chi connectivity index (χ2n) is 3.73. The fourth-order valence-corrected chi connectivity index (χ4v) is 1.68. The van der Waals surface area contributed by atoms with E-state index in [1.54, 1.807) is 4.90 Å². The quantitative estimate of drug-likeness (QED) is 0.670. The van der Waals surface area contributed by atoms with Crippen molar-refractivity contribution in [1.29, 1.82) is 0 Å². The summed E-state index contributed by atoms with van der Waals surface area (Å²) in [7, 11) is 0. The molecule has 4 nitrogen and oxygen atoms in total. The van der Waals surface area contributed by atoms with Crippen molar-refractivity contribution in [2.75, 3.05) is 13.1 Å². The number of hydrogen-bond donors (Lipinski definition) is 1. The molecule has 1 fully saturated rings. The predicted octanol–water partition coefficient (Wildman–Crippen LogP) is 0.524. The highest BCUT2D eigenvalue weighted by Crippen LogP contribution is 2.08. The predicted molar refractivity (Wildman–Crippen MR) is 53.7 cm³/mol. The van der Waals surface area contributed by atoms with Crippen LogP contribution in [0.2, 0.25) is 0 Å². The molecule has 0 unspecified atom stereocenters. The lowest BCUT2D eigenvalue weighted by Crippen LogP contribution is -2.44. The molecule has 0 aromatic heterocycles. The van der Waals surface area contributed by atoms with Gasteiger partial charge in [0.15, 0.2) is 0 Å². The maximum Gasteiger partial charge on any atom is 0.220 e. The lowest BCUT2D eigenvalue weighted by Gasteiger charge is -2.29. The lowest BCUT2D eigenvalue weighted by atomic mass is 10.1. The van der Waals surface area contributed by atoms with Gasteiger partial charge in [-0.1, -0.05) is 6.92 Å². The second-order valence-corrected chi connectivity index (χ2v) is 3.73. The van der Waals surface area contributed by atoms with Gasteiger partial charge >= 0.3 is 0 Å². The first-order valence-corrected chi connectivity index (χ1v) is 5.25. The largest absolute Gasteiger partial charge is 0.353 e.